The summed E-state index contributed by atoms with van der Waals surface area (Å²) in [4.78, 5) is 18.9. The molecule has 0 radical (unpaired) electrons. The number of ether oxygens (including phenoxy) is 1. The predicted molar refractivity (Wildman–Crippen MR) is 142 cm³/mol. The zero-order valence-electron chi connectivity index (χ0n) is 21.2. The van der Waals surface area contributed by atoms with Gasteiger partial charge in [-0.15, -0.1) is 0 Å². The number of carbonyl (C=O) groups is 1. The number of alkyl halides is 3. The van der Waals surface area contributed by atoms with Crippen LogP contribution < -0.4 is 10.2 Å². The average Bonchev–Trinajstić information content (AvgIpc) is 3.15. The first-order valence-corrected chi connectivity index (χ1v) is 13.3. The lowest BCUT2D eigenvalue weighted by Gasteiger charge is -2.36. The molecule has 3 heterocycles. The first-order chi connectivity index (χ1) is 17.9. The molecule has 3 aromatic rings. The second-order valence-electron chi connectivity index (χ2n) is 10.5. The Hall–Kier alpha value is -2.49. The minimum absolute atomic E-state index is 0.0430. The molecule has 11 heteroatoms. The first-order valence-electron chi connectivity index (χ1n) is 12.5. The molecule has 2 aliphatic heterocycles. The number of nitrogens with one attached hydrogen (secondary N) is 1. The number of anilines is 1. The van der Waals surface area contributed by atoms with Gasteiger partial charge in [0.1, 0.15) is 5.82 Å². The molecule has 0 aliphatic carbocycles. The topological polar surface area (TPSA) is 59.4 Å². The fraction of sp³-hybridized carbons (Fsp3) is 0.481. The maximum atomic E-state index is 13.4. The van der Waals surface area contributed by atoms with Gasteiger partial charge in [-0.2, -0.15) is 13.2 Å². The van der Waals surface area contributed by atoms with Gasteiger partial charge in [-0.1, -0.05) is 35.3 Å². The Morgan fingerprint density at radius 2 is 1.97 bits per heavy atom. The number of amides is 1. The molecule has 0 spiro atoms. The van der Waals surface area contributed by atoms with Crippen LogP contribution >= 0.6 is 23.2 Å². The van der Waals surface area contributed by atoms with Gasteiger partial charge in [-0.25, -0.2) is 4.98 Å². The van der Waals surface area contributed by atoms with E-state index < -0.39 is 17.5 Å². The highest BCUT2D eigenvalue weighted by Gasteiger charge is 2.42. The fourth-order valence-corrected chi connectivity index (χ4v) is 5.56. The van der Waals surface area contributed by atoms with E-state index >= 15 is 0 Å². The van der Waals surface area contributed by atoms with Crippen LogP contribution in [0.25, 0.3) is 11.0 Å². The fourth-order valence-electron chi connectivity index (χ4n) is 5.09. The van der Waals surface area contributed by atoms with Gasteiger partial charge >= 0.3 is 6.18 Å². The van der Waals surface area contributed by atoms with E-state index in [1.807, 2.05) is 36.7 Å². The summed E-state index contributed by atoms with van der Waals surface area (Å²) in [6.07, 6.45) is -3.20. The van der Waals surface area contributed by atoms with Crippen molar-refractivity contribution >= 4 is 45.8 Å². The van der Waals surface area contributed by atoms with Crippen LogP contribution in [0.4, 0.5) is 18.9 Å². The number of piperidine rings is 1. The SMILES string of the molecule is Cn1c(Cc2cc(CNC(=O)C3(C)COC3)ccc2Cl)nc2cc(Cl)c(N3CCCC(C(F)(F)F)C3)cc21. The molecule has 2 fully saturated rings. The summed E-state index contributed by atoms with van der Waals surface area (Å²) in [5, 5.41) is 3.93. The van der Waals surface area contributed by atoms with E-state index in [9.17, 15) is 18.0 Å². The molecule has 1 aromatic heterocycles. The highest BCUT2D eigenvalue weighted by molar-refractivity contribution is 6.34. The van der Waals surface area contributed by atoms with Gasteiger partial charge in [0.15, 0.2) is 0 Å². The highest BCUT2D eigenvalue weighted by atomic mass is 35.5. The molecule has 1 N–H and O–H groups in total. The summed E-state index contributed by atoms with van der Waals surface area (Å²) in [6.45, 7) is 3.50. The van der Waals surface area contributed by atoms with Crippen molar-refractivity contribution in [2.45, 2.75) is 38.9 Å². The lowest BCUT2D eigenvalue weighted by atomic mass is 9.87. The van der Waals surface area contributed by atoms with Gasteiger partial charge in [0.25, 0.3) is 0 Å². The Balaban J connectivity index is 1.36. The van der Waals surface area contributed by atoms with Crippen molar-refractivity contribution in [2.24, 2.45) is 18.4 Å². The van der Waals surface area contributed by atoms with Gasteiger partial charge in [0.2, 0.25) is 5.91 Å². The predicted octanol–water partition coefficient (Wildman–Crippen LogP) is 5.90. The highest BCUT2D eigenvalue weighted by Crippen LogP contribution is 2.38. The molecule has 5 rings (SSSR count). The third-order valence-electron chi connectivity index (χ3n) is 7.57. The number of rotatable bonds is 6. The van der Waals surface area contributed by atoms with Crippen molar-refractivity contribution in [1.82, 2.24) is 14.9 Å². The monoisotopic (exact) mass is 568 g/mol. The van der Waals surface area contributed by atoms with Crippen molar-refractivity contribution in [2.75, 3.05) is 31.2 Å². The number of halogens is 5. The summed E-state index contributed by atoms with van der Waals surface area (Å²) in [5.74, 6) is -0.671. The second kappa shape index (κ2) is 10.2. The summed E-state index contributed by atoms with van der Waals surface area (Å²) in [5.41, 5.74) is 3.31. The number of aryl methyl sites for hydroxylation is 1. The largest absolute Gasteiger partial charge is 0.393 e. The van der Waals surface area contributed by atoms with Gasteiger partial charge in [-0.3, -0.25) is 4.79 Å². The lowest BCUT2D eigenvalue weighted by molar-refractivity contribution is -0.176. The molecule has 0 bridgehead atoms. The zero-order chi connectivity index (χ0) is 27.2. The normalized spacial score (nSPS) is 19.4. The number of imidazole rings is 1. The summed E-state index contributed by atoms with van der Waals surface area (Å²) < 4.78 is 47.2. The number of fused-ring (bicyclic) bond motifs is 1. The van der Waals surface area contributed by atoms with Gasteiger partial charge < -0.3 is 19.5 Å². The molecule has 2 aliphatic rings. The van der Waals surface area contributed by atoms with E-state index in [-0.39, 0.29) is 18.9 Å². The van der Waals surface area contributed by atoms with E-state index in [0.717, 1.165) is 22.5 Å². The number of hydrogen-bond acceptors (Lipinski definition) is 4. The van der Waals surface area contributed by atoms with Crippen LogP contribution in [0.3, 0.4) is 0 Å². The van der Waals surface area contributed by atoms with Crippen molar-refractivity contribution in [3.05, 3.63) is 57.3 Å². The number of aromatic nitrogens is 2. The Kier molecular flexibility index (Phi) is 7.30. The lowest BCUT2D eigenvalue weighted by Crippen LogP contribution is -2.51. The zero-order valence-corrected chi connectivity index (χ0v) is 22.7. The molecule has 204 valence electrons. The molecule has 1 amide bonds. The van der Waals surface area contributed by atoms with E-state index in [2.05, 4.69) is 5.32 Å². The van der Waals surface area contributed by atoms with Crippen LogP contribution in [-0.4, -0.2) is 47.9 Å². The summed E-state index contributed by atoms with van der Waals surface area (Å²) in [6, 6.07) is 9.17. The smallest absolute Gasteiger partial charge is 0.379 e. The van der Waals surface area contributed by atoms with Crippen molar-refractivity contribution in [3.63, 3.8) is 0 Å². The molecule has 0 saturated carbocycles. The maximum absolute atomic E-state index is 13.4. The number of nitrogens with zero attached hydrogens (tertiary/aromatic N) is 3. The molecular weight excluding hydrogens is 540 g/mol. The Morgan fingerprint density at radius 1 is 1.21 bits per heavy atom. The van der Waals surface area contributed by atoms with Crippen LogP contribution in [0.15, 0.2) is 30.3 Å². The van der Waals surface area contributed by atoms with Crippen LogP contribution in [0, 0.1) is 11.3 Å². The molecular formula is C27H29Cl2F3N4O2. The Bertz CT molecular complexity index is 1370. The van der Waals surface area contributed by atoms with Crippen LogP contribution in [0.5, 0.6) is 0 Å². The number of benzene rings is 2. The summed E-state index contributed by atoms with van der Waals surface area (Å²) in [7, 11) is 1.87. The second-order valence-corrected chi connectivity index (χ2v) is 11.4. The Morgan fingerprint density at radius 3 is 2.66 bits per heavy atom. The minimum atomic E-state index is -4.23. The van der Waals surface area contributed by atoms with Crippen molar-refractivity contribution in [1.29, 1.82) is 0 Å². The van der Waals surface area contributed by atoms with Crippen LogP contribution in [-0.2, 0) is 29.5 Å². The molecule has 38 heavy (non-hydrogen) atoms. The third-order valence-corrected chi connectivity index (χ3v) is 8.24. The average molecular weight is 569 g/mol. The van der Waals surface area contributed by atoms with E-state index in [4.69, 9.17) is 32.9 Å². The van der Waals surface area contributed by atoms with E-state index in [0.29, 0.717) is 60.4 Å². The van der Waals surface area contributed by atoms with Gasteiger partial charge in [0, 0.05) is 38.1 Å². The van der Waals surface area contributed by atoms with Gasteiger partial charge in [-0.05, 0) is 49.1 Å². The van der Waals surface area contributed by atoms with E-state index in [1.165, 1.54) is 0 Å². The van der Waals surface area contributed by atoms with Crippen molar-refractivity contribution in [3.8, 4) is 0 Å². The molecule has 1 unspecified atom stereocenters. The van der Waals surface area contributed by atoms with Crippen LogP contribution in [0.1, 0.15) is 36.7 Å². The molecule has 6 nitrogen and oxygen atoms in total. The van der Waals surface area contributed by atoms with Crippen LogP contribution in [0.2, 0.25) is 10.0 Å². The Labute approximate surface area is 229 Å². The van der Waals surface area contributed by atoms with Crippen molar-refractivity contribution < 1.29 is 22.7 Å². The third kappa shape index (κ3) is 5.33. The summed E-state index contributed by atoms with van der Waals surface area (Å²) >= 11 is 13.0. The molecule has 2 aromatic carbocycles. The maximum Gasteiger partial charge on any atom is 0.393 e. The van der Waals surface area contributed by atoms with Gasteiger partial charge in [0.05, 0.1) is 46.3 Å². The number of carbonyl (C=O) groups excluding carboxylic acids is 1. The standard InChI is InChI=1S/C27H29Cl2F3N4O2/c1-26(14-38-15-26)25(37)33-12-16-5-6-19(28)17(8-16)9-24-34-21-10-20(29)22(11-23(21)35(24)2)36-7-3-4-18(13-36)27(30,31)32/h5-6,8,10-11,18H,3-4,7,9,12-15H2,1-2H3,(H,33,37). The first kappa shape index (κ1) is 27.1. The van der Waals surface area contributed by atoms with E-state index in [1.54, 1.807) is 17.0 Å². The minimum Gasteiger partial charge on any atom is -0.379 e. The molecule has 1 atom stereocenters. The molecule has 2 saturated heterocycles. The quantitative estimate of drug-likeness (QED) is 0.402. The number of hydrogen-bond donors (Lipinski definition) is 1.